The van der Waals surface area contributed by atoms with Crippen molar-refractivity contribution in [3.8, 4) is 0 Å². The molecule has 140 valence electrons. The van der Waals surface area contributed by atoms with Gasteiger partial charge in [0, 0.05) is 24.0 Å². The number of hydrogen-bond donors (Lipinski definition) is 4. The highest BCUT2D eigenvalue weighted by atomic mass is 16.4. The Morgan fingerprint density at radius 3 is 2.68 bits per heavy atom. The number of aliphatic hydroxyl groups is 3. The average molecular weight is 350 g/mol. The second-order valence-corrected chi connectivity index (χ2v) is 6.38. The number of unbranched alkanes of at least 4 members (excludes halogenated alkanes) is 3. The predicted molar refractivity (Wildman–Crippen MR) is 98.4 cm³/mol. The molecule has 5 heteroatoms. The molecule has 0 fully saturated rings. The zero-order valence-corrected chi connectivity index (χ0v) is 14.9. The van der Waals surface area contributed by atoms with Crippen molar-refractivity contribution in [1.82, 2.24) is 0 Å². The van der Waals surface area contributed by atoms with Gasteiger partial charge in [-0.2, -0.15) is 0 Å². The summed E-state index contributed by atoms with van der Waals surface area (Å²) >= 11 is 0. The monoisotopic (exact) mass is 350 g/mol. The summed E-state index contributed by atoms with van der Waals surface area (Å²) in [6.45, 7) is 2.11. The van der Waals surface area contributed by atoms with Gasteiger partial charge in [0.15, 0.2) is 0 Å². The molecule has 2 atom stereocenters. The third kappa shape index (κ3) is 8.07. The van der Waals surface area contributed by atoms with Gasteiger partial charge in [-0.25, -0.2) is 0 Å². The number of carboxylic acid groups (broad SMARTS) is 1. The molecule has 0 aromatic carbocycles. The average Bonchev–Trinajstić information content (AvgIpc) is 2.82. The van der Waals surface area contributed by atoms with Crippen LogP contribution in [0.3, 0.4) is 0 Å². The fourth-order valence-electron chi connectivity index (χ4n) is 2.75. The number of aliphatic carboxylic acids is 1. The van der Waals surface area contributed by atoms with Crippen molar-refractivity contribution in [3.05, 3.63) is 47.5 Å². The summed E-state index contributed by atoms with van der Waals surface area (Å²) in [6, 6.07) is 0. The summed E-state index contributed by atoms with van der Waals surface area (Å²) in [5.41, 5.74) is 0.599. The number of hydrogen-bond acceptors (Lipinski definition) is 4. The van der Waals surface area contributed by atoms with Crippen LogP contribution in [0.1, 0.15) is 58.3 Å². The summed E-state index contributed by atoms with van der Waals surface area (Å²) in [6.07, 6.45) is 13.7. The molecule has 0 aromatic rings. The van der Waals surface area contributed by atoms with E-state index in [1.54, 1.807) is 12.2 Å². The summed E-state index contributed by atoms with van der Waals surface area (Å²) in [5.74, 6) is -0.996. The highest BCUT2D eigenvalue weighted by Gasteiger charge is 2.25. The first-order chi connectivity index (χ1) is 12.0. The molecule has 0 unspecified atom stereocenters. The topological polar surface area (TPSA) is 98.0 Å². The number of aliphatic hydroxyl groups excluding tert-OH is 3. The molecule has 0 aliphatic heterocycles. The van der Waals surface area contributed by atoms with Gasteiger partial charge < -0.3 is 20.4 Å². The second kappa shape index (κ2) is 11.5. The van der Waals surface area contributed by atoms with E-state index in [-0.39, 0.29) is 23.9 Å². The van der Waals surface area contributed by atoms with Crippen LogP contribution in [0.5, 0.6) is 0 Å². The minimum atomic E-state index is -0.803. The molecule has 5 nitrogen and oxygen atoms in total. The van der Waals surface area contributed by atoms with Crippen molar-refractivity contribution < 1.29 is 25.2 Å². The summed E-state index contributed by atoms with van der Waals surface area (Å²) < 4.78 is 0. The Bertz CT molecular complexity index is 542. The lowest BCUT2D eigenvalue weighted by atomic mass is 9.95. The van der Waals surface area contributed by atoms with Crippen LogP contribution < -0.4 is 0 Å². The van der Waals surface area contributed by atoms with E-state index >= 15 is 0 Å². The van der Waals surface area contributed by atoms with Crippen LogP contribution in [0.2, 0.25) is 0 Å². The lowest BCUT2D eigenvalue weighted by molar-refractivity contribution is -0.137. The highest BCUT2D eigenvalue weighted by molar-refractivity contribution is 5.66. The first kappa shape index (κ1) is 21.0. The van der Waals surface area contributed by atoms with Crippen molar-refractivity contribution in [2.45, 2.75) is 64.4 Å². The Kier molecular flexibility index (Phi) is 9.70. The van der Waals surface area contributed by atoms with Crippen LogP contribution in [0.25, 0.3) is 0 Å². The largest absolute Gasteiger partial charge is 0.512 e. The molecule has 1 rings (SSSR count). The first-order valence-corrected chi connectivity index (χ1v) is 9.02. The fourth-order valence-corrected chi connectivity index (χ4v) is 2.75. The van der Waals surface area contributed by atoms with Gasteiger partial charge in [0.25, 0.3) is 0 Å². The smallest absolute Gasteiger partial charge is 0.303 e. The summed E-state index contributed by atoms with van der Waals surface area (Å²) in [5, 5.41) is 38.5. The molecule has 1 aliphatic rings. The van der Waals surface area contributed by atoms with E-state index in [9.17, 15) is 20.1 Å². The van der Waals surface area contributed by atoms with Gasteiger partial charge in [0.1, 0.15) is 11.5 Å². The van der Waals surface area contributed by atoms with Crippen LogP contribution in [-0.2, 0) is 4.79 Å². The van der Waals surface area contributed by atoms with Crippen molar-refractivity contribution in [2.75, 3.05) is 0 Å². The molecule has 1 aliphatic carbocycles. The zero-order chi connectivity index (χ0) is 18.7. The molecule has 0 saturated heterocycles. The first-order valence-electron chi connectivity index (χ1n) is 9.02. The van der Waals surface area contributed by atoms with Gasteiger partial charge in [-0.3, -0.25) is 4.79 Å². The summed E-state index contributed by atoms with van der Waals surface area (Å²) in [4.78, 5) is 10.4. The predicted octanol–water partition coefficient (Wildman–Crippen LogP) is 4.57. The van der Waals surface area contributed by atoms with E-state index in [0.29, 0.717) is 31.3 Å². The van der Waals surface area contributed by atoms with Crippen LogP contribution in [0.4, 0.5) is 0 Å². The molecule has 0 aromatic heterocycles. The lowest BCUT2D eigenvalue weighted by Crippen LogP contribution is -2.05. The molecule has 0 radical (unpaired) electrons. The molecule has 0 heterocycles. The van der Waals surface area contributed by atoms with Gasteiger partial charge >= 0.3 is 5.97 Å². The Labute approximate surface area is 149 Å². The molecule has 0 bridgehead atoms. The van der Waals surface area contributed by atoms with Crippen LogP contribution in [0, 0.1) is 5.92 Å². The Morgan fingerprint density at radius 2 is 2.00 bits per heavy atom. The van der Waals surface area contributed by atoms with E-state index in [0.717, 1.165) is 19.3 Å². The Balaban J connectivity index is 2.52. The fraction of sp³-hybridized carbons (Fsp3) is 0.550. The van der Waals surface area contributed by atoms with Crippen LogP contribution in [-0.4, -0.2) is 32.5 Å². The maximum Gasteiger partial charge on any atom is 0.303 e. The number of rotatable bonds is 12. The Morgan fingerprint density at radius 1 is 1.24 bits per heavy atom. The van der Waals surface area contributed by atoms with E-state index < -0.39 is 12.1 Å². The maximum atomic E-state index is 10.4. The summed E-state index contributed by atoms with van der Waals surface area (Å²) in [7, 11) is 0. The van der Waals surface area contributed by atoms with Gasteiger partial charge in [0.05, 0.1) is 6.10 Å². The van der Waals surface area contributed by atoms with Crippen LogP contribution >= 0.6 is 0 Å². The molecule has 0 amide bonds. The van der Waals surface area contributed by atoms with Crippen molar-refractivity contribution in [3.63, 3.8) is 0 Å². The standard InChI is InChI=1S/C20H30O5/c1-2-3-6-9-15(21)12-13-17-16(18(22)14-19(17)23)10-7-4-5-8-11-20(24)25/h4,7,12-16,21-23H,2-3,5-6,8-11H2,1H3,(H,24,25)/b7-4-,13-12+/t15-,16+/m0/s1. The molecule has 25 heavy (non-hydrogen) atoms. The number of allylic oxidation sites excluding steroid dienone is 5. The number of carboxylic acids is 1. The van der Waals surface area contributed by atoms with Gasteiger partial charge in [-0.05, 0) is 25.7 Å². The second-order valence-electron chi connectivity index (χ2n) is 6.38. The van der Waals surface area contributed by atoms with E-state index in [2.05, 4.69) is 6.92 Å². The minimum Gasteiger partial charge on any atom is -0.512 e. The lowest BCUT2D eigenvalue weighted by Gasteiger charge is -2.12. The quantitative estimate of drug-likeness (QED) is 0.305. The molecular formula is C20H30O5. The van der Waals surface area contributed by atoms with Gasteiger partial charge in [0.2, 0.25) is 0 Å². The van der Waals surface area contributed by atoms with Crippen molar-refractivity contribution in [2.24, 2.45) is 5.92 Å². The van der Waals surface area contributed by atoms with E-state index in [1.807, 2.05) is 12.2 Å². The normalized spacial score (nSPS) is 19.1. The zero-order valence-electron chi connectivity index (χ0n) is 14.9. The van der Waals surface area contributed by atoms with Crippen molar-refractivity contribution >= 4 is 5.97 Å². The third-order valence-corrected chi connectivity index (χ3v) is 4.21. The SMILES string of the molecule is CCCCC[C@H](O)/C=C/C1=C(O)C=C(O)[C@@H]1C/C=C\CCCC(=O)O. The molecule has 4 N–H and O–H groups in total. The van der Waals surface area contributed by atoms with E-state index in [4.69, 9.17) is 5.11 Å². The minimum absolute atomic E-state index is 0.0267. The number of carbonyl (C=O) groups is 1. The highest BCUT2D eigenvalue weighted by Crippen LogP contribution is 2.33. The van der Waals surface area contributed by atoms with Crippen LogP contribution in [0.15, 0.2) is 47.5 Å². The Hall–Kier alpha value is -2.01. The molecule has 0 spiro atoms. The maximum absolute atomic E-state index is 10.4. The van der Waals surface area contributed by atoms with E-state index in [1.165, 1.54) is 6.08 Å². The van der Waals surface area contributed by atoms with Crippen molar-refractivity contribution in [1.29, 1.82) is 0 Å². The molecule has 0 saturated carbocycles. The third-order valence-electron chi connectivity index (χ3n) is 4.21. The van der Waals surface area contributed by atoms with Gasteiger partial charge in [-0.15, -0.1) is 0 Å². The van der Waals surface area contributed by atoms with Gasteiger partial charge in [-0.1, -0.05) is 50.5 Å². The molecular weight excluding hydrogens is 320 g/mol.